The third kappa shape index (κ3) is 4.45. The zero-order valence-electron chi connectivity index (χ0n) is 21.2. The fraction of sp³-hybridized carbons (Fsp3) is 0.379. The second-order valence-electron chi connectivity index (χ2n) is 9.80. The number of cyclic esters (lactones) is 1. The molecule has 2 atom stereocenters. The Morgan fingerprint density at radius 3 is 2.37 bits per heavy atom. The summed E-state index contributed by atoms with van der Waals surface area (Å²) >= 11 is 0. The van der Waals surface area contributed by atoms with E-state index in [0.29, 0.717) is 6.54 Å². The second-order valence-corrected chi connectivity index (χ2v) is 9.80. The van der Waals surface area contributed by atoms with Crippen molar-refractivity contribution in [1.29, 1.82) is 0 Å². The first-order chi connectivity index (χ1) is 16.8. The molecule has 3 heterocycles. The number of carbonyl (C=O) groups is 1. The van der Waals surface area contributed by atoms with Crippen LogP contribution in [0.2, 0.25) is 0 Å². The molecular formula is C29H33N3O3. The summed E-state index contributed by atoms with van der Waals surface area (Å²) in [6, 6.07) is 16.6. The van der Waals surface area contributed by atoms with Gasteiger partial charge >= 0.3 is 6.09 Å². The van der Waals surface area contributed by atoms with Crippen molar-refractivity contribution >= 4 is 11.9 Å². The van der Waals surface area contributed by atoms with E-state index in [4.69, 9.17) is 14.5 Å². The number of ether oxygens (including phenoxy) is 2. The van der Waals surface area contributed by atoms with Gasteiger partial charge in [-0.15, -0.1) is 0 Å². The molecule has 0 N–H and O–H groups in total. The van der Waals surface area contributed by atoms with Gasteiger partial charge in [-0.05, 0) is 63.9 Å². The Balaban J connectivity index is 1.52. The van der Waals surface area contributed by atoms with Crippen LogP contribution in [0.25, 0.3) is 11.1 Å². The smallest absolute Gasteiger partial charge is 0.411 e. The largest absolute Gasteiger partial charge is 0.496 e. The summed E-state index contributed by atoms with van der Waals surface area (Å²) in [7, 11) is 1.68. The Kier molecular flexibility index (Phi) is 6.13. The molecular weight excluding hydrogens is 438 g/mol. The first-order valence-electron chi connectivity index (χ1n) is 12.3. The van der Waals surface area contributed by atoms with Crippen LogP contribution in [0.5, 0.6) is 5.75 Å². The molecule has 182 valence electrons. The molecule has 3 aromatic rings. The number of hydrogen-bond acceptors (Lipinski definition) is 5. The summed E-state index contributed by atoms with van der Waals surface area (Å²) in [6.07, 6.45) is 0.564. The molecule has 6 nitrogen and oxygen atoms in total. The van der Waals surface area contributed by atoms with E-state index in [-0.39, 0.29) is 18.2 Å². The van der Waals surface area contributed by atoms with Crippen molar-refractivity contribution in [2.24, 2.45) is 0 Å². The maximum Gasteiger partial charge on any atom is 0.411 e. The van der Waals surface area contributed by atoms with E-state index in [1.54, 1.807) is 12.0 Å². The molecule has 0 radical (unpaired) electrons. The molecule has 2 aliphatic rings. The van der Waals surface area contributed by atoms with Crippen LogP contribution in [0.15, 0.2) is 48.5 Å². The number of amides is 1. The number of rotatable bonds is 6. The molecule has 1 aromatic heterocycles. The number of carbonyl (C=O) groups excluding carboxylic acids is 1. The minimum Gasteiger partial charge on any atom is -0.496 e. The molecule has 0 spiro atoms. The molecule has 2 fully saturated rings. The topological polar surface area (TPSA) is 54.9 Å². The van der Waals surface area contributed by atoms with Crippen molar-refractivity contribution in [1.82, 2.24) is 9.88 Å². The highest BCUT2D eigenvalue weighted by atomic mass is 16.6. The highest BCUT2D eigenvalue weighted by Crippen LogP contribution is 2.38. The second kappa shape index (κ2) is 9.25. The third-order valence-electron chi connectivity index (χ3n) is 7.07. The van der Waals surface area contributed by atoms with E-state index in [1.165, 1.54) is 17.5 Å². The predicted octanol–water partition coefficient (Wildman–Crippen LogP) is 5.97. The molecule has 35 heavy (non-hydrogen) atoms. The number of benzene rings is 2. The first-order valence-corrected chi connectivity index (χ1v) is 12.3. The lowest BCUT2D eigenvalue weighted by Crippen LogP contribution is -2.38. The summed E-state index contributed by atoms with van der Waals surface area (Å²) < 4.78 is 11.6. The molecule has 2 aromatic carbocycles. The highest BCUT2D eigenvalue weighted by Gasteiger charge is 2.40. The van der Waals surface area contributed by atoms with Gasteiger partial charge in [-0.3, -0.25) is 4.90 Å². The lowest BCUT2D eigenvalue weighted by Gasteiger charge is -2.33. The summed E-state index contributed by atoms with van der Waals surface area (Å²) in [4.78, 5) is 22.2. The molecule has 1 amide bonds. The number of methoxy groups -OCH3 is 1. The molecule has 2 unspecified atom stereocenters. The molecule has 0 bridgehead atoms. The summed E-state index contributed by atoms with van der Waals surface area (Å²) in [5, 5.41) is 0. The van der Waals surface area contributed by atoms with Crippen molar-refractivity contribution in [3.05, 3.63) is 76.5 Å². The maximum atomic E-state index is 13.1. The Morgan fingerprint density at radius 2 is 1.71 bits per heavy atom. The lowest BCUT2D eigenvalue weighted by molar-refractivity contribution is 0.130. The van der Waals surface area contributed by atoms with Crippen LogP contribution in [-0.4, -0.2) is 42.2 Å². The van der Waals surface area contributed by atoms with Gasteiger partial charge in [0.1, 0.15) is 17.7 Å². The highest BCUT2D eigenvalue weighted by molar-refractivity contribution is 5.76. The SMILES string of the molecule is COc1ccc(C)cc1-c1ccc(N2CCC2)nc1CN1C(=O)OC(c2cc(C)cc(C)c2)C1C. The minimum absolute atomic E-state index is 0.120. The van der Waals surface area contributed by atoms with Crippen LogP contribution >= 0.6 is 0 Å². The van der Waals surface area contributed by atoms with Crippen LogP contribution in [0.3, 0.4) is 0 Å². The number of aromatic nitrogens is 1. The molecule has 2 aliphatic heterocycles. The zero-order chi connectivity index (χ0) is 24.7. The molecule has 2 saturated heterocycles. The van der Waals surface area contributed by atoms with Gasteiger partial charge in [-0.1, -0.05) is 41.0 Å². The van der Waals surface area contributed by atoms with Crippen LogP contribution in [0.4, 0.5) is 10.6 Å². The Labute approximate surface area is 207 Å². The van der Waals surface area contributed by atoms with Gasteiger partial charge in [-0.2, -0.15) is 0 Å². The third-order valence-corrected chi connectivity index (χ3v) is 7.07. The van der Waals surface area contributed by atoms with Gasteiger partial charge in [0.2, 0.25) is 0 Å². The Morgan fingerprint density at radius 1 is 0.971 bits per heavy atom. The van der Waals surface area contributed by atoms with E-state index in [0.717, 1.165) is 52.6 Å². The van der Waals surface area contributed by atoms with Gasteiger partial charge in [0.25, 0.3) is 0 Å². The first kappa shape index (κ1) is 23.2. The van der Waals surface area contributed by atoms with Gasteiger partial charge in [0, 0.05) is 24.2 Å². The van der Waals surface area contributed by atoms with E-state index in [9.17, 15) is 4.79 Å². The predicted molar refractivity (Wildman–Crippen MR) is 138 cm³/mol. The number of aryl methyl sites for hydroxylation is 3. The Hall–Kier alpha value is -3.54. The lowest BCUT2D eigenvalue weighted by atomic mass is 9.98. The van der Waals surface area contributed by atoms with Crippen molar-refractivity contribution in [2.45, 2.75) is 52.8 Å². The minimum atomic E-state index is -0.309. The van der Waals surface area contributed by atoms with Gasteiger partial charge in [-0.25, -0.2) is 9.78 Å². The number of nitrogens with zero attached hydrogens (tertiary/aromatic N) is 3. The van der Waals surface area contributed by atoms with Crippen LogP contribution in [0, 0.1) is 20.8 Å². The number of anilines is 1. The monoisotopic (exact) mass is 471 g/mol. The van der Waals surface area contributed by atoms with E-state index in [2.05, 4.69) is 69.0 Å². The van der Waals surface area contributed by atoms with E-state index in [1.807, 2.05) is 12.1 Å². The fourth-order valence-electron chi connectivity index (χ4n) is 5.10. The molecule has 5 rings (SSSR count). The Bertz CT molecular complexity index is 1250. The standard InChI is InChI=1S/C29H33N3O3/c1-18-7-9-26(34-5)24(16-18)23-8-10-27(31-11-6-12-31)30-25(23)17-32-21(4)28(35-29(32)33)22-14-19(2)13-20(3)15-22/h7-10,13-16,21,28H,6,11-12,17H2,1-5H3. The van der Waals surface area contributed by atoms with Crippen molar-refractivity contribution in [3.8, 4) is 16.9 Å². The molecule has 0 aliphatic carbocycles. The van der Waals surface area contributed by atoms with Gasteiger partial charge < -0.3 is 14.4 Å². The summed E-state index contributed by atoms with van der Waals surface area (Å²) in [5.41, 5.74) is 7.32. The van der Waals surface area contributed by atoms with Crippen molar-refractivity contribution in [3.63, 3.8) is 0 Å². The normalized spacial score (nSPS) is 19.5. The number of pyridine rings is 1. The molecule has 0 saturated carbocycles. The quantitative estimate of drug-likeness (QED) is 0.443. The fourth-order valence-corrected chi connectivity index (χ4v) is 5.10. The van der Waals surface area contributed by atoms with Crippen LogP contribution < -0.4 is 9.64 Å². The van der Waals surface area contributed by atoms with Gasteiger partial charge in [0.05, 0.1) is 25.4 Å². The summed E-state index contributed by atoms with van der Waals surface area (Å²) in [5.74, 6) is 1.74. The maximum absolute atomic E-state index is 13.1. The van der Waals surface area contributed by atoms with Gasteiger partial charge in [0.15, 0.2) is 0 Å². The average Bonchev–Trinajstić information content (AvgIpc) is 3.06. The van der Waals surface area contributed by atoms with E-state index >= 15 is 0 Å². The van der Waals surface area contributed by atoms with Crippen LogP contribution in [-0.2, 0) is 11.3 Å². The number of hydrogen-bond donors (Lipinski definition) is 0. The van der Waals surface area contributed by atoms with Crippen LogP contribution in [0.1, 0.15) is 47.4 Å². The van der Waals surface area contributed by atoms with Crippen molar-refractivity contribution < 1.29 is 14.3 Å². The summed E-state index contributed by atoms with van der Waals surface area (Å²) in [6.45, 7) is 10.7. The average molecular weight is 472 g/mol. The van der Waals surface area contributed by atoms with Crippen molar-refractivity contribution in [2.75, 3.05) is 25.1 Å². The van der Waals surface area contributed by atoms with E-state index < -0.39 is 0 Å². The zero-order valence-corrected chi connectivity index (χ0v) is 21.2. The molecule has 6 heteroatoms.